The van der Waals surface area contributed by atoms with E-state index in [2.05, 4.69) is 17.3 Å². The summed E-state index contributed by atoms with van der Waals surface area (Å²) in [6, 6.07) is 0. The summed E-state index contributed by atoms with van der Waals surface area (Å²) in [6.45, 7) is 7.22. The highest BCUT2D eigenvalue weighted by Crippen LogP contribution is 2.40. The van der Waals surface area contributed by atoms with Gasteiger partial charge in [0, 0.05) is 29.7 Å². The third-order valence-corrected chi connectivity index (χ3v) is 6.60. The normalized spacial score (nSPS) is 16.0. The molecular weight excluding hydrogens is 388 g/mol. The summed E-state index contributed by atoms with van der Waals surface area (Å²) >= 11 is 1.52. The van der Waals surface area contributed by atoms with Crippen LogP contribution < -0.4 is 5.32 Å². The molecule has 2 aromatic heterocycles. The Bertz CT molecular complexity index is 902. The zero-order valence-corrected chi connectivity index (χ0v) is 18.7. The highest BCUT2D eigenvalue weighted by molar-refractivity contribution is 7.17. The minimum atomic E-state index is -0.339. The molecule has 0 spiro atoms. The van der Waals surface area contributed by atoms with Gasteiger partial charge in [0.25, 0.3) is 0 Å². The lowest BCUT2D eigenvalue weighted by Gasteiger charge is -2.18. The number of nitrogens with one attached hydrogen (secondary N) is 1. The number of rotatable bonds is 7. The number of nitrogens with zero attached hydrogens (tertiary/aromatic N) is 3. The number of carbonyl (C=O) groups is 2. The van der Waals surface area contributed by atoms with E-state index in [0.717, 1.165) is 36.1 Å². The van der Waals surface area contributed by atoms with E-state index < -0.39 is 0 Å². The van der Waals surface area contributed by atoms with Crippen molar-refractivity contribution < 1.29 is 14.3 Å². The number of aryl methyl sites for hydroxylation is 1. The molecule has 3 rings (SSSR count). The van der Waals surface area contributed by atoms with E-state index in [-0.39, 0.29) is 18.4 Å². The van der Waals surface area contributed by atoms with Crippen molar-refractivity contribution in [1.29, 1.82) is 0 Å². The molecule has 1 amide bonds. The molecule has 2 heterocycles. The Balaban J connectivity index is 1.72. The molecule has 1 aliphatic rings. The zero-order chi connectivity index (χ0) is 21.1. The minimum Gasteiger partial charge on any atom is -0.462 e. The summed E-state index contributed by atoms with van der Waals surface area (Å²) < 4.78 is 7.10. The molecule has 158 valence electrons. The van der Waals surface area contributed by atoms with Crippen molar-refractivity contribution in [3.8, 4) is 0 Å². The first-order chi connectivity index (χ1) is 13.8. The maximum Gasteiger partial charge on any atom is 0.341 e. The number of hydrogen-bond acceptors (Lipinski definition) is 6. The molecule has 7 nitrogen and oxygen atoms in total. The van der Waals surface area contributed by atoms with Gasteiger partial charge in [0.05, 0.1) is 24.9 Å². The molecule has 0 fully saturated rings. The number of thiophene rings is 1. The largest absolute Gasteiger partial charge is 0.462 e. The summed E-state index contributed by atoms with van der Waals surface area (Å²) in [4.78, 5) is 28.4. The van der Waals surface area contributed by atoms with Crippen molar-refractivity contribution in [1.82, 2.24) is 14.7 Å². The van der Waals surface area contributed by atoms with Gasteiger partial charge < -0.3 is 10.1 Å². The molecule has 0 saturated heterocycles. The van der Waals surface area contributed by atoms with Crippen LogP contribution in [-0.4, -0.2) is 46.8 Å². The molecule has 1 unspecified atom stereocenters. The van der Waals surface area contributed by atoms with Crippen LogP contribution in [-0.2, 0) is 36.0 Å². The van der Waals surface area contributed by atoms with Crippen molar-refractivity contribution in [3.05, 3.63) is 33.5 Å². The number of aromatic nitrogens is 2. The highest BCUT2D eigenvalue weighted by atomic mass is 32.1. The lowest BCUT2D eigenvalue weighted by Crippen LogP contribution is -2.30. The number of anilines is 1. The molecule has 0 radical (unpaired) electrons. The smallest absolute Gasteiger partial charge is 0.341 e. The van der Waals surface area contributed by atoms with Gasteiger partial charge in [0.15, 0.2) is 0 Å². The Morgan fingerprint density at radius 1 is 1.45 bits per heavy atom. The van der Waals surface area contributed by atoms with Gasteiger partial charge >= 0.3 is 5.97 Å². The second-order valence-corrected chi connectivity index (χ2v) is 8.98. The van der Waals surface area contributed by atoms with Crippen LogP contribution in [0.3, 0.4) is 0 Å². The van der Waals surface area contributed by atoms with E-state index in [1.165, 1.54) is 16.2 Å². The summed E-state index contributed by atoms with van der Waals surface area (Å²) in [5.41, 5.74) is 3.79. The minimum absolute atomic E-state index is 0.133. The van der Waals surface area contributed by atoms with Gasteiger partial charge in [-0.1, -0.05) is 6.92 Å². The second-order valence-electron chi connectivity index (χ2n) is 7.88. The number of amides is 1. The molecular formula is C21H30N4O3S. The number of ether oxygens (including phenoxy) is 1. The highest BCUT2D eigenvalue weighted by Gasteiger charge is 2.29. The fourth-order valence-corrected chi connectivity index (χ4v) is 5.13. The van der Waals surface area contributed by atoms with Gasteiger partial charge in [-0.25, -0.2) is 4.79 Å². The Labute approximate surface area is 176 Å². The molecule has 1 atom stereocenters. The maximum atomic E-state index is 12.7. The zero-order valence-electron chi connectivity index (χ0n) is 17.9. The Morgan fingerprint density at radius 3 is 2.86 bits per heavy atom. The van der Waals surface area contributed by atoms with Crippen molar-refractivity contribution in [2.45, 2.75) is 46.6 Å². The van der Waals surface area contributed by atoms with Crippen molar-refractivity contribution in [2.24, 2.45) is 13.0 Å². The van der Waals surface area contributed by atoms with Gasteiger partial charge in [-0.15, -0.1) is 11.3 Å². The lowest BCUT2D eigenvalue weighted by molar-refractivity contribution is -0.117. The molecule has 1 N–H and O–H groups in total. The molecule has 29 heavy (non-hydrogen) atoms. The van der Waals surface area contributed by atoms with Crippen LogP contribution in [0.5, 0.6) is 0 Å². The van der Waals surface area contributed by atoms with Crippen LogP contribution in [0.25, 0.3) is 0 Å². The molecule has 8 heteroatoms. The maximum absolute atomic E-state index is 12.7. The van der Waals surface area contributed by atoms with Crippen LogP contribution in [0.2, 0.25) is 0 Å². The fourth-order valence-electron chi connectivity index (χ4n) is 3.72. The molecule has 2 aromatic rings. The average molecular weight is 419 g/mol. The van der Waals surface area contributed by atoms with Crippen molar-refractivity contribution in [2.75, 3.05) is 25.5 Å². The first kappa shape index (κ1) is 21.5. The Hall–Kier alpha value is -2.19. The molecule has 1 aliphatic carbocycles. The van der Waals surface area contributed by atoms with Gasteiger partial charge in [-0.05, 0) is 51.6 Å². The van der Waals surface area contributed by atoms with Gasteiger partial charge in [0.1, 0.15) is 5.00 Å². The number of hydrogen-bond donors (Lipinski definition) is 1. The SMILES string of the molecule is CCOC(=O)c1c(NC(=O)CN(C)Cc2cnn(C)c2C)sc2c1CCC(C)C2. The molecule has 0 aliphatic heterocycles. The summed E-state index contributed by atoms with van der Waals surface area (Å²) in [5, 5.41) is 7.85. The van der Waals surface area contributed by atoms with E-state index in [1.54, 1.807) is 6.92 Å². The third-order valence-electron chi connectivity index (χ3n) is 5.43. The number of carbonyl (C=O) groups excluding carboxylic acids is 2. The summed E-state index contributed by atoms with van der Waals surface area (Å²) in [6.07, 6.45) is 4.69. The lowest BCUT2D eigenvalue weighted by atomic mass is 9.88. The van der Waals surface area contributed by atoms with E-state index in [9.17, 15) is 9.59 Å². The quantitative estimate of drug-likeness (QED) is 0.699. The van der Waals surface area contributed by atoms with E-state index in [4.69, 9.17) is 4.74 Å². The number of likely N-dealkylation sites (N-methyl/N-ethyl adjacent to an activating group) is 1. The van der Waals surface area contributed by atoms with Gasteiger partial charge in [-0.2, -0.15) is 5.10 Å². The second kappa shape index (κ2) is 9.09. The average Bonchev–Trinajstić information content (AvgIpc) is 3.15. The summed E-state index contributed by atoms with van der Waals surface area (Å²) in [7, 11) is 3.81. The Kier molecular flexibility index (Phi) is 6.74. The predicted molar refractivity (Wildman–Crippen MR) is 114 cm³/mol. The van der Waals surface area contributed by atoms with Crippen LogP contribution in [0.15, 0.2) is 6.20 Å². The van der Waals surface area contributed by atoms with Crippen LogP contribution in [0.4, 0.5) is 5.00 Å². The van der Waals surface area contributed by atoms with E-state index in [1.807, 2.05) is 36.8 Å². The van der Waals surface area contributed by atoms with Crippen LogP contribution in [0.1, 0.15) is 52.3 Å². The summed E-state index contributed by atoms with van der Waals surface area (Å²) in [5.74, 6) is 0.119. The fraction of sp³-hybridized carbons (Fsp3) is 0.571. The van der Waals surface area contributed by atoms with Gasteiger partial charge in [-0.3, -0.25) is 14.4 Å². The number of fused-ring (bicyclic) bond motifs is 1. The van der Waals surface area contributed by atoms with Crippen LogP contribution >= 0.6 is 11.3 Å². The van der Waals surface area contributed by atoms with Crippen molar-refractivity contribution in [3.63, 3.8) is 0 Å². The topological polar surface area (TPSA) is 76.5 Å². The number of esters is 1. The Morgan fingerprint density at radius 2 is 2.21 bits per heavy atom. The molecule has 0 saturated carbocycles. The standard InChI is InChI=1S/C21H30N4O3S/c1-6-28-21(27)19-16-8-7-13(2)9-17(16)29-20(19)23-18(26)12-24(4)11-15-10-22-25(5)14(15)3/h10,13H,6-9,11-12H2,1-5H3,(H,23,26). The molecule has 0 bridgehead atoms. The third kappa shape index (κ3) is 4.87. The van der Waals surface area contributed by atoms with E-state index in [0.29, 0.717) is 29.6 Å². The van der Waals surface area contributed by atoms with Crippen molar-refractivity contribution >= 4 is 28.2 Å². The van der Waals surface area contributed by atoms with Crippen LogP contribution in [0, 0.1) is 12.8 Å². The first-order valence-corrected chi connectivity index (χ1v) is 10.9. The van der Waals surface area contributed by atoms with E-state index >= 15 is 0 Å². The first-order valence-electron chi connectivity index (χ1n) is 10.1. The molecule has 0 aromatic carbocycles. The van der Waals surface area contributed by atoms with Gasteiger partial charge in [0.2, 0.25) is 5.91 Å². The monoisotopic (exact) mass is 418 g/mol. The predicted octanol–water partition coefficient (Wildman–Crippen LogP) is 3.16.